The summed E-state index contributed by atoms with van der Waals surface area (Å²) in [6, 6.07) is 9.42. The normalized spacial score (nSPS) is 10.2. The van der Waals surface area contributed by atoms with Gasteiger partial charge in [0, 0.05) is 4.47 Å². The van der Waals surface area contributed by atoms with Gasteiger partial charge in [-0.25, -0.2) is 4.79 Å². The Bertz CT molecular complexity index is 602. The molecule has 86 valence electrons. The fourth-order valence-electron chi connectivity index (χ4n) is 1.75. The molecule has 3 heteroatoms. The summed E-state index contributed by atoms with van der Waals surface area (Å²) < 4.78 is 5.71. The van der Waals surface area contributed by atoms with Gasteiger partial charge in [0.15, 0.2) is 0 Å². The molecule has 2 aromatic rings. The lowest BCUT2D eigenvalue weighted by molar-refractivity contribution is 0.0603. The topological polar surface area (TPSA) is 26.3 Å². The third-order valence-corrected chi connectivity index (χ3v) is 3.32. The number of carbonyl (C=O) groups is 1. The molecule has 0 unspecified atom stereocenters. The summed E-state index contributed by atoms with van der Waals surface area (Å²) in [6.07, 6.45) is 1.77. The van der Waals surface area contributed by atoms with Crippen LogP contribution >= 0.6 is 15.9 Å². The quantitative estimate of drug-likeness (QED) is 0.781. The van der Waals surface area contributed by atoms with Crippen molar-refractivity contribution in [3.8, 4) is 0 Å². The highest BCUT2D eigenvalue weighted by atomic mass is 79.9. The van der Waals surface area contributed by atoms with E-state index in [4.69, 9.17) is 4.74 Å². The molecule has 17 heavy (non-hydrogen) atoms. The standard InChI is InChI=1S/C14H11BrO2/c1-3-9-4-5-10-11(14(16)17-2)6-7-13(15)12(10)8-9/h3-8H,1H2,2H3. The summed E-state index contributed by atoms with van der Waals surface area (Å²) in [5.74, 6) is -0.325. The van der Waals surface area contributed by atoms with Crippen molar-refractivity contribution in [2.24, 2.45) is 0 Å². The summed E-state index contributed by atoms with van der Waals surface area (Å²) in [4.78, 5) is 11.6. The minimum atomic E-state index is -0.325. The van der Waals surface area contributed by atoms with E-state index in [-0.39, 0.29) is 5.97 Å². The van der Waals surface area contributed by atoms with E-state index in [9.17, 15) is 4.79 Å². The molecule has 0 radical (unpaired) electrons. The zero-order valence-electron chi connectivity index (χ0n) is 9.37. The molecule has 0 bridgehead atoms. The summed E-state index contributed by atoms with van der Waals surface area (Å²) in [5.41, 5.74) is 1.58. The number of halogens is 1. The first-order chi connectivity index (χ1) is 8.17. The molecule has 0 atom stereocenters. The summed E-state index contributed by atoms with van der Waals surface area (Å²) in [6.45, 7) is 3.73. The minimum Gasteiger partial charge on any atom is -0.465 e. The van der Waals surface area contributed by atoms with Gasteiger partial charge >= 0.3 is 5.97 Å². The maximum Gasteiger partial charge on any atom is 0.338 e. The van der Waals surface area contributed by atoms with Crippen molar-refractivity contribution in [2.45, 2.75) is 0 Å². The van der Waals surface area contributed by atoms with Gasteiger partial charge in [-0.2, -0.15) is 0 Å². The molecule has 0 N–H and O–H groups in total. The molecule has 0 saturated heterocycles. The molecule has 0 aromatic heterocycles. The second-order valence-electron chi connectivity index (χ2n) is 3.60. The van der Waals surface area contributed by atoms with E-state index in [1.165, 1.54) is 7.11 Å². The van der Waals surface area contributed by atoms with Gasteiger partial charge in [-0.05, 0) is 34.5 Å². The predicted octanol–water partition coefficient (Wildman–Crippen LogP) is 4.03. The van der Waals surface area contributed by atoms with Gasteiger partial charge < -0.3 is 4.74 Å². The molecule has 2 aromatic carbocycles. The van der Waals surface area contributed by atoms with E-state index in [0.717, 1.165) is 20.8 Å². The third-order valence-electron chi connectivity index (χ3n) is 2.63. The molecule has 0 heterocycles. The van der Waals surface area contributed by atoms with Crippen LogP contribution in [0.15, 0.2) is 41.4 Å². The van der Waals surface area contributed by atoms with Crippen LogP contribution in [0.2, 0.25) is 0 Å². The molecule has 0 aliphatic carbocycles. The molecule has 0 amide bonds. The zero-order chi connectivity index (χ0) is 12.4. The van der Waals surface area contributed by atoms with Crippen molar-refractivity contribution < 1.29 is 9.53 Å². The number of carbonyl (C=O) groups excluding carboxylic acids is 1. The first-order valence-electron chi connectivity index (χ1n) is 5.10. The van der Waals surface area contributed by atoms with Crippen LogP contribution in [0.5, 0.6) is 0 Å². The Morgan fingerprint density at radius 3 is 2.71 bits per heavy atom. The van der Waals surface area contributed by atoms with Gasteiger partial charge in [0.1, 0.15) is 0 Å². The van der Waals surface area contributed by atoms with Crippen LogP contribution in [0.25, 0.3) is 16.8 Å². The number of methoxy groups -OCH3 is 1. The molecule has 2 rings (SSSR count). The second-order valence-corrected chi connectivity index (χ2v) is 4.45. The highest BCUT2D eigenvalue weighted by Crippen LogP contribution is 2.28. The van der Waals surface area contributed by atoms with E-state index >= 15 is 0 Å². The van der Waals surface area contributed by atoms with Crippen molar-refractivity contribution in [1.82, 2.24) is 0 Å². The number of rotatable bonds is 2. The van der Waals surface area contributed by atoms with E-state index in [1.807, 2.05) is 24.3 Å². The fraction of sp³-hybridized carbons (Fsp3) is 0.0714. The van der Waals surface area contributed by atoms with Crippen LogP contribution in [-0.2, 0) is 4.74 Å². The second kappa shape index (κ2) is 4.72. The Kier molecular flexibility index (Phi) is 3.29. The largest absolute Gasteiger partial charge is 0.465 e. The summed E-state index contributed by atoms with van der Waals surface area (Å²) in [5, 5.41) is 1.85. The van der Waals surface area contributed by atoms with E-state index in [0.29, 0.717) is 5.56 Å². The Balaban J connectivity index is 2.78. The lowest BCUT2D eigenvalue weighted by Gasteiger charge is -2.07. The lowest BCUT2D eigenvalue weighted by Crippen LogP contribution is -2.02. The molecule has 0 spiro atoms. The van der Waals surface area contributed by atoms with Crippen LogP contribution in [-0.4, -0.2) is 13.1 Å². The Labute approximate surface area is 108 Å². The smallest absolute Gasteiger partial charge is 0.338 e. The average Bonchev–Trinajstić information content (AvgIpc) is 2.38. The van der Waals surface area contributed by atoms with Crippen molar-refractivity contribution >= 4 is 38.7 Å². The van der Waals surface area contributed by atoms with Gasteiger partial charge in [0.05, 0.1) is 12.7 Å². The molecule has 0 saturated carbocycles. The summed E-state index contributed by atoms with van der Waals surface area (Å²) in [7, 11) is 1.38. The van der Waals surface area contributed by atoms with Crippen LogP contribution in [0.4, 0.5) is 0 Å². The van der Waals surface area contributed by atoms with Crippen molar-refractivity contribution in [3.05, 3.63) is 52.5 Å². The number of benzene rings is 2. The van der Waals surface area contributed by atoms with Crippen LogP contribution in [0.1, 0.15) is 15.9 Å². The van der Waals surface area contributed by atoms with Crippen molar-refractivity contribution in [1.29, 1.82) is 0 Å². The van der Waals surface area contributed by atoms with Gasteiger partial charge in [0.2, 0.25) is 0 Å². The van der Waals surface area contributed by atoms with Gasteiger partial charge in [-0.15, -0.1) is 0 Å². The number of esters is 1. The van der Waals surface area contributed by atoms with Crippen molar-refractivity contribution in [3.63, 3.8) is 0 Å². The maximum absolute atomic E-state index is 11.6. The van der Waals surface area contributed by atoms with Crippen LogP contribution < -0.4 is 0 Å². The van der Waals surface area contributed by atoms with Gasteiger partial charge in [-0.1, -0.05) is 40.7 Å². The van der Waals surface area contributed by atoms with Crippen molar-refractivity contribution in [2.75, 3.05) is 7.11 Å². The Morgan fingerprint density at radius 2 is 2.06 bits per heavy atom. The number of ether oxygens (including phenoxy) is 1. The molecule has 0 aliphatic rings. The molecular weight excluding hydrogens is 280 g/mol. The van der Waals surface area contributed by atoms with E-state index in [2.05, 4.69) is 22.5 Å². The third kappa shape index (κ3) is 2.11. The maximum atomic E-state index is 11.6. The monoisotopic (exact) mass is 290 g/mol. The van der Waals surface area contributed by atoms with E-state index < -0.39 is 0 Å². The number of hydrogen-bond acceptors (Lipinski definition) is 2. The number of fused-ring (bicyclic) bond motifs is 1. The average molecular weight is 291 g/mol. The highest BCUT2D eigenvalue weighted by Gasteiger charge is 2.11. The van der Waals surface area contributed by atoms with Gasteiger partial charge in [0.25, 0.3) is 0 Å². The Morgan fingerprint density at radius 1 is 1.29 bits per heavy atom. The first-order valence-corrected chi connectivity index (χ1v) is 5.89. The Hall–Kier alpha value is -1.61. The highest BCUT2D eigenvalue weighted by molar-refractivity contribution is 9.10. The fourth-order valence-corrected chi connectivity index (χ4v) is 2.21. The first kappa shape index (κ1) is 11.9. The molecule has 0 fully saturated rings. The van der Waals surface area contributed by atoms with Crippen LogP contribution in [0.3, 0.4) is 0 Å². The van der Waals surface area contributed by atoms with Crippen LogP contribution in [0, 0.1) is 0 Å². The van der Waals surface area contributed by atoms with Gasteiger partial charge in [-0.3, -0.25) is 0 Å². The summed E-state index contributed by atoms with van der Waals surface area (Å²) >= 11 is 3.48. The zero-order valence-corrected chi connectivity index (χ0v) is 11.0. The molecule has 2 nitrogen and oxygen atoms in total. The molecule has 0 aliphatic heterocycles. The SMILES string of the molecule is C=Cc1ccc2c(C(=O)OC)ccc(Br)c2c1. The molecular formula is C14H11BrO2. The minimum absolute atomic E-state index is 0.325. The predicted molar refractivity (Wildman–Crippen MR) is 73.1 cm³/mol. The number of hydrogen-bond donors (Lipinski definition) is 0. The lowest BCUT2D eigenvalue weighted by atomic mass is 10.0. The van der Waals surface area contributed by atoms with E-state index in [1.54, 1.807) is 12.1 Å².